The lowest BCUT2D eigenvalue weighted by atomic mass is 10.3. The maximum absolute atomic E-state index is 11.9. The molecule has 22 heavy (non-hydrogen) atoms. The summed E-state index contributed by atoms with van der Waals surface area (Å²) >= 11 is 0. The van der Waals surface area contributed by atoms with Crippen LogP contribution in [0.1, 0.15) is 0 Å². The van der Waals surface area contributed by atoms with E-state index in [-0.39, 0.29) is 12.5 Å². The number of anilines is 2. The van der Waals surface area contributed by atoms with Crippen molar-refractivity contribution in [3.05, 3.63) is 42.6 Å². The van der Waals surface area contributed by atoms with Crippen molar-refractivity contribution in [1.82, 2.24) is 4.98 Å². The number of carbonyl (C=O) groups is 1. The molecular weight excluding hydrogens is 282 g/mol. The normalized spacial score (nSPS) is 9.95. The minimum absolute atomic E-state index is 0.101. The number of nitrogens with zero attached hydrogens (tertiary/aromatic N) is 2. The van der Waals surface area contributed by atoms with Gasteiger partial charge in [0.25, 0.3) is 5.91 Å². The van der Waals surface area contributed by atoms with Crippen molar-refractivity contribution >= 4 is 17.4 Å². The van der Waals surface area contributed by atoms with E-state index in [1.807, 2.05) is 37.2 Å². The van der Waals surface area contributed by atoms with Gasteiger partial charge in [0.1, 0.15) is 5.82 Å². The Labute approximate surface area is 129 Å². The van der Waals surface area contributed by atoms with E-state index in [1.165, 1.54) is 0 Å². The second-order valence-corrected chi connectivity index (χ2v) is 4.79. The zero-order valence-corrected chi connectivity index (χ0v) is 12.9. The molecule has 116 valence electrons. The Morgan fingerprint density at radius 2 is 1.91 bits per heavy atom. The summed E-state index contributed by atoms with van der Waals surface area (Å²) in [6.07, 6.45) is 1.61. The zero-order valence-electron chi connectivity index (χ0n) is 12.9. The molecule has 0 aliphatic rings. The van der Waals surface area contributed by atoms with Gasteiger partial charge in [-0.25, -0.2) is 4.98 Å². The maximum atomic E-state index is 11.9. The van der Waals surface area contributed by atoms with Gasteiger partial charge in [0.15, 0.2) is 18.1 Å². The number of amides is 1. The van der Waals surface area contributed by atoms with Crippen molar-refractivity contribution in [3.63, 3.8) is 0 Å². The number of benzene rings is 1. The molecule has 0 aliphatic heterocycles. The molecule has 1 aromatic heterocycles. The smallest absolute Gasteiger partial charge is 0.262 e. The lowest BCUT2D eigenvalue weighted by Crippen LogP contribution is -2.20. The quantitative estimate of drug-likeness (QED) is 0.886. The first-order valence-corrected chi connectivity index (χ1v) is 6.79. The van der Waals surface area contributed by atoms with Crippen LogP contribution >= 0.6 is 0 Å². The molecule has 2 rings (SSSR count). The first-order chi connectivity index (χ1) is 10.6. The molecular formula is C16H19N3O3. The van der Waals surface area contributed by atoms with Crippen LogP contribution in [0.3, 0.4) is 0 Å². The predicted molar refractivity (Wildman–Crippen MR) is 85.7 cm³/mol. The van der Waals surface area contributed by atoms with E-state index in [1.54, 1.807) is 31.5 Å². The minimum atomic E-state index is -0.259. The van der Waals surface area contributed by atoms with Gasteiger partial charge < -0.3 is 19.7 Å². The molecule has 1 heterocycles. The van der Waals surface area contributed by atoms with E-state index in [2.05, 4.69) is 10.3 Å². The minimum Gasteiger partial charge on any atom is -0.493 e. The van der Waals surface area contributed by atoms with Crippen molar-refractivity contribution in [1.29, 1.82) is 0 Å². The number of methoxy groups -OCH3 is 1. The molecule has 0 spiro atoms. The van der Waals surface area contributed by atoms with Gasteiger partial charge in [-0.1, -0.05) is 12.1 Å². The number of aromatic nitrogens is 1. The van der Waals surface area contributed by atoms with E-state index in [4.69, 9.17) is 9.47 Å². The Balaban J connectivity index is 1.90. The van der Waals surface area contributed by atoms with E-state index in [0.717, 1.165) is 5.82 Å². The number of rotatable bonds is 6. The van der Waals surface area contributed by atoms with Gasteiger partial charge in [-0.15, -0.1) is 0 Å². The van der Waals surface area contributed by atoms with Crippen LogP contribution in [0.5, 0.6) is 11.5 Å². The SMILES string of the molecule is COc1ccccc1OCC(=O)Nc1ccc(N(C)C)nc1. The number of para-hydroxylation sites is 2. The number of hydrogen-bond acceptors (Lipinski definition) is 5. The average Bonchev–Trinajstić information content (AvgIpc) is 2.53. The van der Waals surface area contributed by atoms with Crippen molar-refractivity contribution in [3.8, 4) is 11.5 Å². The summed E-state index contributed by atoms with van der Waals surface area (Å²) in [4.78, 5) is 18.0. The molecule has 0 fully saturated rings. The summed E-state index contributed by atoms with van der Waals surface area (Å²) in [5.74, 6) is 1.68. The summed E-state index contributed by atoms with van der Waals surface area (Å²) in [5.41, 5.74) is 0.624. The fourth-order valence-electron chi connectivity index (χ4n) is 1.80. The second kappa shape index (κ2) is 7.31. The van der Waals surface area contributed by atoms with Crippen molar-refractivity contribution in [2.45, 2.75) is 0 Å². The Morgan fingerprint density at radius 3 is 2.50 bits per heavy atom. The van der Waals surface area contributed by atoms with Crippen LogP contribution in [0, 0.1) is 0 Å². The molecule has 0 radical (unpaired) electrons. The highest BCUT2D eigenvalue weighted by atomic mass is 16.5. The Bertz CT molecular complexity index is 627. The topological polar surface area (TPSA) is 63.7 Å². The summed E-state index contributed by atoms with van der Waals surface area (Å²) in [6.45, 7) is -0.101. The van der Waals surface area contributed by atoms with E-state index < -0.39 is 0 Å². The maximum Gasteiger partial charge on any atom is 0.262 e. The van der Waals surface area contributed by atoms with Gasteiger partial charge in [0.2, 0.25) is 0 Å². The molecule has 1 amide bonds. The standard InChI is InChI=1S/C16H19N3O3/c1-19(2)15-9-8-12(10-17-15)18-16(20)11-22-14-7-5-4-6-13(14)21-3/h4-10H,11H2,1-3H3,(H,18,20). The Morgan fingerprint density at radius 1 is 1.18 bits per heavy atom. The number of nitrogens with one attached hydrogen (secondary N) is 1. The third-order valence-corrected chi connectivity index (χ3v) is 2.92. The third-order valence-electron chi connectivity index (χ3n) is 2.92. The van der Waals surface area contributed by atoms with Crippen LogP contribution in [-0.2, 0) is 4.79 Å². The highest BCUT2D eigenvalue weighted by Crippen LogP contribution is 2.25. The molecule has 6 heteroatoms. The first kappa shape index (κ1) is 15.6. The van der Waals surface area contributed by atoms with Crippen molar-refractivity contribution in [2.24, 2.45) is 0 Å². The molecule has 0 saturated carbocycles. The van der Waals surface area contributed by atoms with Gasteiger partial charge in [0, 0.05) is 14.1 Å². The molecule has 1 aromatic carbocycles. The largest absolute Gasteiger partial charge is 0.493 e. The zero-order chi connectivity index (χ0) is 15.9. The molecule has 6 nitrogen and oxygen atoms in total. The predicted octanol–water partition coefficient (Wildman–Crippen LogP) is 2.17. The fourth-order valence-corrected chi connectivity index (χ4v) is 1.80. The molecule has 0 bridgehead atoms. The van der Waals surface area contributed by atoms with E-state index in [9.17, 15) is 4.79 Å². The molecule has 1 N–H and O–H groups in total. The number of hydrogen-bond donors (Lipinski definition) is 1. The van der Waals surface area contributed by atoms with Gasteiger partial charge >= 0.3 is 0 Å². The third kappa shape index (κ3) is 4.12. The highest BCUT2D eigenvalue weighted by Gasteiger charge is 2.07. The fraction of sp³-hybridized carbons (Fsp3) is 0.250. The van der Waals surface area contributed by atoms with Crippen LogP contribution in [0.15, 0.2) is 42.6 Å². The summed E-state index contributed by atoms with van der Waals surface area (Å²) in [6, 6.07) is 10.8. The Hall–Kier alpha value is -2.76. The lowest BCUT2D eigenvalue weighted by molar-refractivity contribution is -0.118. The molecule has 0 aliphatic carbocycles. The number of pyridine rings is 1. The molecule has 0 unspecified atom stereocenters. The summed E-state index contributed by atoms with van der Waals surface area (Å²) in [7, 11) is 5.36. The van der Waals surface area contributed by atoms with E-state index in [0.29, 0.717) is 17.2 Å². The van der Waals surface area contributed by atoms with Crippen molar-refractivity contribution in [2.75, 3.05) is 38.0 Å². The first-order valence-electron chi connectivity index (χ1n) is 6.79. The van der Waals surface area contributed by atoms with Gasteiger partial charge in [-0.2, -0.15) is 0 Å². The Kier molecular flexibility index (Phi) is 5.19. The molecule has 0 saturated heterocycles. The second-order valence-electron chi connectivity index (χ2n) is 4.79. The lowest BCUT2D eigenvalue weighted by Gasteiger charge is -2.12. The van der Waals surface area contributed by atoms with Crippen LogP contribution in [0.4, 0.5) is 11.5 Å². The summed E-state index contributed by atoms with van der Waals surface area (Å²) in [5, 5.41) is 2.73. The van der Waals surface area contributed by atoms with Gasteiger partial charge in [0.05, 0.1) is 19.0 Å². The molecule has 0 atom stereocenters. The van der Waals surface area contributed by atoms with Crippen LogP contribution in [-0.4, -0.2) is 38.7 Å². The van der Waals surface area contributed by atoms with Crippen LogP contribution < -0.4 is 19.7 Å². The number of ether oxygens (including phenoxy) is 2. The van der Waals surface area contributed by atoms with Crippen molar-refractivity contribution < 1.29 is 14.3 Å². The summed E-state index contributed by atoms with van der Waals surface area (Å²) < 4.78 is 10.6. The molecule has 2 aromatic rings. The van der Waals surface area contributed by atoms with Gasteiger partial charge in [-0.3, -0.25) is 4.79 Å². The highest BCUT2D eigenvalue weighted by molar-refractivity contribution is 5.91. The average molecular weight is 301 g/mol. The van der Waals surface area contributed by atoms with Crippen LogP contribution in [0.2, 0.25) is 0 Å². The van der Waals surface area contributed by atoms with Crippen LogP contribution in [0.25, 0.3) is 0 Å². The van der Waals surface area contributed by atoms with Gasteiger partial charge in [-0.05, 0) is 24.3 Å². The monoisotopic (exact) mass is 301 g/mol. The van der Waals surface area contributed by atoms with E-state index >= 15 is 0 Å². The number of carbonyl (C=O) groups excluding carboxylic acids is 1.